The molecule has 0 amide bonds. The summed E-state index contributed by atoms with van der Waals surface area (Å²) in [5.41, 5.74) is -0.459. The molecule has 4 nitrogen and oxygen atoms in total. The van der Waals surface area contributed by atoms with E-state index >= 15 is 0 Å². The molecule has 0 aliphatic heterocycles. The van der Waals surface area contributed by atoms with Gasteiger partial charge in [-0.2, -0.15) is 5.26 Å². The molecular weight excluding hydrogens is 310 g/mol. The first kappa shape index (κ1) is 14.5. The summed E-state index contributed by atoms with van der Waals surface area (Å²) in [5, 5.41) is 8.86. The normalized spacial score (nSPS) is 10.2. The number of hydrogen-bond donors (Lipinski definition) is 0. The van der Waals surface area contributed by atoms with Gasteiger partial charge in [0.05, 0.1) is 13.0 Å². The maximum absolute atomic E-state index is 12.5. The summed E-state index contributed by atoms with van der Waals surface area (Å²) in [7, 11) is 0. The van der Waals surface area contributed by atoms with Crippen molar-refractivity contribution < 1.29 is 18.3 Å². The third kappa shape index (κ3) is 3.47. The molecular formula is C11H9BrF2N2O2. The number of carbonyl (C=O) groups excluding carboxylic acids is 1. The molecule has 0 aliphatic carbocycles. The zero-order chi connectivity index (χ0) is 13.7. The highest BCUT2D eigenvalue weighted by Gasteiger charge is 2.18. The molecule has 1 rings (SSSR count). The molecule has 1 aromatic rings. The Labute approximate surface area is 111 Å². The molecule has 96 valence electrons. The molecule has 0 fully saturated rings. The van der Waals surface area contributed by atoms with Crippen molar-refractivity contribution in [2.45, 2.75) is 19.8 Å². The Morgan fingerprint density at radius 2 is 2.33 bits per heavy atom. The largest absolute Gasteiger partial charge is 0.466 e. The van der Waals surface area contributed by atoms with Gasteiger partial charge in [0.1, 0.15) is 17.5 Å². The predicted molar refractivity (Wildman–Crippen MR) is 61.9 cm³/mol. The van der Waals surface area contributed by atoms with Gasteiger partial charge in [-0.25, -0.2) is 13.8 Å². The van der Waals surface area contributed by atoms with Crippen molar-refractivity contribution in [3.8, 4) is 6.07 Å². The van der Waals surface area contributed by atoms with Gasteiger partial charge in [0.15, 0.2) is 0 Å². The number of hydrogen-bond acceptors (Lipinski definition) is 4. The van der Waals surface area contributed by atoms with E-state index in [1.807, 2.05) is 0 Å². The zero-order valence-corrected chi connectivity index (χ0v) is 11.0. The van der Waals surface area contributed by atoms with Gasteiger partial charge in [-0.05, 0) is 13.0 Å². The monoisotopic (exact) mass is 318 g/mol. The fraction of sp³-hybridized carbons (Fsp3) is 0.364. The lowest BCUT2D eigenvalue weighted by Gasteiger charge is -2.08. The molecule has 1 heterocycles. The van der Waals surface area contributed by atoms with Gasteiger partial charge in [-0.1, -0.05) is 15.9 Å². The summed E-state index contributed by atoms with van der Waals surface area (Å²) in [5.74, 6) is -0.540. The summed E-state index contributed by atoms with van der Waals surface area (Å²) < 4.78 is 30.0. The molecule has 0 saturated carbocycles. The topological polar surface area (TPSA) is 63.0 Å². The van der Waals surface area contributed by atoms with Gasteiger partial charge in [0.25, 0.3) is 6.43 Å². The number of esters is 1. The fourth-order valence-electron chi connectivity index (χ4n) is 1.29. The number of alkyl halides is 2. The van der Waals surface area contributed by atoms with E-state index in [0.29, 0.717) is 0 Å². The Bertz CT molecular complexity index is 501. The van der Waals surface area contributed by atoms with Crippen LogP contribution in [-0.2, 0) is 16.0 Å². The Kier molecular flexibility index (Phi) is 5.16. The number of nitrogens with zero attached hydrogens (tertiary/aromatic N) is 2. The molecule has 0 aliphatic rings. The van der Waals surface area contributed by atoms with E-state index in [4.69, 9.17) is 10.00 Å². The van der Waals surface area contributed by atoms with Crippen LogP contribution in [0.1, 0.15) is 30.3 Å². The number of ether oxygens (including phenoxy) is 1. The number of pyridine rings is 1. The molecule has 7 heteroatoms. The van der Waals surface area contributed by atoms with Crippen LogP contribution < -0.4 is 0 Å². The third-order valence-corrected chi connectivity index (χ3v) is 2.75. The SMILES string of the molecule is CCOC(=O)Cc1c(Br)cc(C(F)F)nc1C#N. The van der Waals surface area contributed by atoms with Crippen LogP contribution in [0.4, 0.5) is 8.78 Å². The summed E-state index contributed by atoms with van der Waals surface area (Å²) in [6.45, 7) is 1.86. The van der Waals surface area contributed by atoms with Crippen molar-refractivity contribution in [3.05, 3.63) is 27.5 Å². The van der Waals surface area contributed by atoms with Crippen molar-refractivity contribution in [2.24, 2.45) is 0 Å². The Morgan fingerprint density at radius 3 is 2.83 bits per heavy atom. The number of nitriles is 1. The second-order valence-electron chi connectivity index (χ2n) is 3.25. The molecule has 18 heavy (non-hydrogen) atoms. The van der Waals surface area contributed by atoms with Crippen LogP contribution in [-0.4, -0.2) is 17.6 Å². The first-order chi connectivity index (χ1) is 8.49. The third-order valence-electron chi connectivity index (χ3n) is 2.05. The van der Waals surface area contributed by atoms with Crippen molar-refractivity contribution in [1.82, 2.24) is 4.98 Å². The number of halogens is 3. The van der Waals surface area contributed by atoms with Crippen LogP contribution in [0, 0.1) is 11.3 Å². The lowest BCUT2D eigenvalue weighted by molar-refractivity contribution is -0.142. The van der Waals surface area contributed by atoms with Crippen LogP contribution in [0.15, 0.2) is 10.5 Å². The van der Waals surface area contributed by atoms with Gasteiger partial charge in [0.2, 0.25) is 0 Å². The Hall–Kier alpha value is -1.55. The Balaban J connectivity index is 3.12. The second-order valence-corrected chi connectivity index (χ2v) is 4.10. The van der Waals surface area contributed by atoms with Crippen molar-refractivity contribution in [2.75, 3.05) is 6.61 Å². The zero-order valence-electron chi connectivity index (χ0n) is 9.41. The average Bonchev–Trinajstić information content (AvgIpc) is 2.31. The van der Waals surface area contributed by atoms with Crippen molar-refractivity contribution in [1.29, 1.82) is 5.26 Å². The van der Waals surface area contributed by atoms with E-state index in [1.165, 1.54) is 0 Å². The van der Waals surface area contributed by atoms with Gasteiger partial charge in [-0.15, -0.1) is 0 Å². The molecule has 0 unspecified atom stereocenters. The fourth-order valence-corrected chi connectivity index (χ4v) is 1.85. The first-order valence-electron chi connectivity index (χ1n) is 5.02. The molecule has 0 spiro atoms. The highest BCUT2D eigenvalue weighted by Crippen LogP contribution is 2.26. The van der Waals surface area contributed by atoms with E-state index in [1.54, 1.807) is 13.0 Å². The summed E-state index contributed by atoms with van der Waals surface area (Å²) in [4.78, 5) is 14.8. The molecule has 0 radical (unpaired) electrons. The van der Waals surface area contributed by atoms with Crippen LogP contribution in [0.3, 0.4) is 0 Å². The number of rotatable bonds is 4. The van der Waals surface area contributed by atoms with Crippen LogP contribution in [0.25, 0.3) is 0 Å². The smallest absolute Gasteiger partial charge is 0.310 e. The Morgan fingerprint density at radius 1 is 1.67 bits per heavy atom. The highest BCUT2D eigenvalue weighted by molar-refractivity contribution is 9.10. The maximum Gasteiger partial charge on any atom is 0.310 e. The lowest BCUT2D eigenvalue weighted by Crippen LogP contribution is -2.11. The van der Waals surface area contributed by atoms with Gasteiger partial charge in [-0.3, -0.25) is 4.79 Å². The van der Waals surface area contributed by atoms with E-state index < -0.39 is 18.1 Å². The molecule has 0 N–H and O–H groups in total. The van der Waals surface area contributed by atoms with Crippen molar-refractivity contribution >= 4 is 21.9 Å². The average molecular weight is 319 g/mol. The minimum Gasteiger partial charge on any atom is -0.466 e. The van der Waals surface area contributed by atoms with E-state index in [9.17, 15) is 13.6 Å². The van der Waals surface area contributed by atoms with E-state index in [-0.39, 0.29) is 28.8 Å². The summed E-state index contributed by atoms with van der Waals surface area (Å²) in [6, 6.07) is 2.79. The standard InChI is InChI=1S/C11H9BrF2N2O2/c1-2-18-10(17)3-6-7(12)4-8(11(13)14)16-9(6)5-15/h4,11H,2-3H2,1H3. The van der Waals surface area contributed by atoms with Gasteiger partial charge >= 0.3 is 5.97 Å². The first-order valence-corrected chi connectivity index (χ1v) is 5.82. The molecule has 0 bridgehead atoms. The number of carbonyl (C=O) groups is 1. The minimum atomic E-state index is -2.77. The van der Waals surface area contributed by atoms with Gasteiger partial charge in [0, 0.05) is 10.0 Å². The predicted octanol–water partition coefficient (Wildman–Crippen LogP) is 2.76. The van der Waals surface area contributed by atoms with Gasteiger partial charge < -0.3 is 4.74 Å². The maximum atomic E-state index is 12.5. The molecule has 0 aromatic carbocycles. The molecule has 0 saturated heterocycles. The lowest BCUT2D eigenvalue weighted by atomic mass is 10.1. The van der Waals surface area contributed by atoms with Crippen LogP contribution in [0.5, 0.6) is 0 Å². The van der Waals surface area contributed by atoms with E-state index in [0.717, 1.165) is 6.07 Å². The molecule has 0 atom stereocenters. The second kappa shape index (κ2) is 6.40. The number of aromatic nitrogens is 1. The van der Waals surface area contributed by atoms with Crippen LogP contribution >= 0.6 is 15.9 Å². The quantitative estimate of drug-likeness (QED) is 0.801. The summed E-state index contributed by atoms with van der Waals surface area (Å²) >= 11 is 3.05. The van der Waals surface area contributed by atoms with E-state index in [2.05, 4.69) is 20.9 Å². The minimum absolute atomic E-state index is 0.187. The molecule has 1 aromatic heterocycles. The highest BCUT2D eigenvalue weighted by atomic mass is 79.9. The summed E-state index contributed by atoms with van der Waals surface area (Å²) in [6.07, 6.45) is -2.96. The van der Waals surface area contributed by atoms with Crippen LogP contribution in [0.2, 0.25) is 0 Å². The van der Waals surface area contributed by atoms with Crippen molar-refractivity contribution in [3.63, 3.8) is 0 Å².